The van der Waals surface area contributed by atoms with Crippen molar-refractivity contribution in [3.63, 3.8) is 0 Å². The molecule has 7 heteroatoms. The van der Waals surface area contributed by atoms with Gasteiger partial charge in [0.15, 0.2) is 0 Å². The predicted molar refractivity (Wildman–Crippen MR) is 219 cm³/mol. The van der Waals surface area contributed by atoms with Gasteiger partial charge in [-0.05, 0) is 107 Å². The van der Waals surface area contributed by atoms with Crippen LogP contribution < -0.4 is 10.6 Å². The summed E-state index contributed by atoms with van der Waals surface area (Å²) in [6.45, 7) is 25.7. The number of ketones is 1. The Morgan fingerprint density at radius 1 is 1.00 bits per heavy atom. The van der Waals surface area contributed by atoms with E-state index < -0.39 is 0 Å². The summed E-state index contributed by atoms with van der Waals surface area (Å²) in [6.07, 6.45) is 13.1. The van der Waals surface area contributed by atoms with Crippen LogP contribution in [0.15, 0.2) is 48.5 Å². The Labute approximate surface area is 319 Å². The van der Waals surface area contributed by atoms with Crippen LogP contribution in [0.3, 0.4) is 0 Å². The number of hydrogen-bond donors (Lipinski definition) is 2. The number of aldehydes is 1. The van der Waals surface area contributed by atoms with Crippen molar-refractivity contribution in [3.8, 4) is 0 Å². The van der Waals surface area contributed by atoms with Crippen LogP contribution in [0.2, 0.25) is 0 Å². The van der Waals surface area contributed by atoms with E-state index in [9.17, 15) is 14.0 Å². The van der Waals surface area contributed by atoms with Crippen molar-refractivity contribution in [1.29, 1.82) is 0 Å². The molecule has 0 spiro atoms. The molecule has 0 amide bonds. The van der Waals surface area contributed by atoms with Gasteiger partial charge in [0.05, 0.1) is 12.2 Å². The predicted octanol–water partition coefficient (Wildman–Crippen LogP) is 10.2. The lowest BCUT2D eigenvalue weighted by Gasteiger charge is -2.75. The summed E-state index contributed by atoms with van der Waals surface area (Å²) in [5, 5.41) is 7.23. The van der Waals surface area contributed by atoms with Crippen molar-refractivity contribution in [2.45, 2.75) is 170 Å². The number of Topliss-reactive ketones (excluding diaryl/α,β-unsaturated/α-hetero) is 1. The average molecular weight is 726 g/mol. The van der Waals surface area contributed by atoms with Crippen LogP contribution >= 0.6 is 0 Å². The van der Waals surface area contributed by atoms with Crippen LogP contribution in [-0.2, 0) is 33.8 Å². The minimum Gasteiger partial charge on any atom is -0.307 e. The molecule has 7 rings (SSSR count). The van der Waals surface area contributed by atoms with Crippen molar-refractivity contribution >= 4 is 18.9 Å². The average Bonchev–Trinajstić information content (AvgIpc) is 3.40. The second-order valence-electron chi connectivity index (χ2n) is 15.7. The Kier molecular flexibility index (Phi) is 19.9. The van der Waals surface area contributed by atoms with Crippen molar-refractivity contribution in [2.24, 2.45) is 16.7 Å². The fourth-order valence-electron chi connectivity index (χ4n) is 8.72. The van der Waals surface area contributed by atoms with Gasteiger partial charge in [0.2, 0.25) is 0 Å². The third kappa shape index (κ3) is 11.4. The van der Waals surface area contributed by atoms with Gasteiger partial charge in [-0.2, -0.15) is 0 Å². The molecule has 2 N–H and O–H groups in total. The highest BCUT2D eigenvalue weighted by Crippen LogP contribution is 2.71. The number of nitrogens with one attached hydrogen (secondary N) is 2. The molecular formula is C45H76FN3O3. The molecule has 1 aliphatic heterocycles. The Hall–Kier alpha value is -2.74. The zero-order chi connectivity index (χ0) is 39.8. The molecule has 5 aliphatic rings. The number of carbonyl (C=O) groups is 3. The molecule has 4 aliphatic carbocycles. The lowest BCUT2D eigenvalue weighted by Crippen LogP contribution is -2.79. The quantitative estimate of drug-likeness (QED) is 0.225. The third-order valence-electron chi connectivity index (χ3n) is 11.8. The maximum Gasteiger partial charge on any atom is 0.148 e. The van der Waals surface area contributed by atoms with Gasteiger partial charge < -0.3 is 9.59 Å². The first-order chi connectivity index (χ1) is 24.7. The lowest BCUT2D eigenvalue weighted by atomic mass is 9.37. The zero-order valence-corrected chi connectivity index (χ0v) is 35.0. The second kappa shape index (κ2) is 21.8. The first-order valence-electron chi connectivity index (χ1n) is 20.0. The molecule has 1 heterocycles. The minimum absolute atomic E-state index is 0. The molecule has 0 aromatic heterocycles. The number of hydrogen-bond acceptors (Lipinski definition) is 6. The summed E-state index contributed by atoms with van der Waals surface area (Å²) >= 11 is 0. The van der Waals surface area contributed by atoms with E-state index in [4.69, 9.17) is 4.79 Å². The molecule has 5 fully saturated rings. The van der Waals surface area contributed by atoms with Crippen molar-refractivity contribution in [2.75, 3.05) is 7.05 Å². The molecule has 296 valence electrons. The number of aryl methyl sites for hydroxylation is 1. The number of halogens is 1. The normalized spacial score (nSPS) is 25.1. The van der Waals surface area contributed by atoms with Crippen LogP contribution in [0.25, 0.3) is 0 Å². The number of benzene rings is 2. The van der Waals surface area contributed by atoms with Gasteiger partial charge >= 0.3 is 0 Å². The molecule has 1 unspecified atom stereocenters. The highest BCUT2D eigenvalue weighted by atomic mass is 19.1. The maximum atomic E-state index is 14.1. The van der Waals surface area contributed by atoms with Gasteiger partial charge in [-0.25, -0.2) is 4.39 Å². The summed E-state index contributed by atoms with van der Waals surface area (Å²) in [7, 11) is 2.16. The molecule has 2 aromatic rings. The SMILES string of the molecule is C=O.CC.CC.CCCC1(C(C)C)CCC1.CCc1ccc(CN(C)C23CC(C4N[C@@H](C(C)=O)C(C)(C)N4)(C2)C3)cc1F.O=CCc1ccccc1.[HH]. The molecule has 4 saturated carbocycles. The van der Waals surface area contributed by atoms with E-state index in [1.54, 1.807) is 13.0 Å². The topological polar surface area (TPSA) is 78.5 Å². The highest BCUT2D eigenvalue weighted by molar-refractivity contribution is 5.83. The fraction of sp³-hybridized carbons (Fsp3) is 0.667. The van der Waals surface area contributed by atoms with Gasteiger partial charge in [-0.15, -0.1) is 0 Å². The molecule has 2 atom stereocenters. The van der Waals surface area contributed by atoms with Crippen LogP contribution in [0.5, 0.6) is 0 Å². The molecule has 6 nitrogen and oxygen atoms in total. The Bertz CT molecular complexity index is 1330. The van der Waals surface area contributed by atoms with E-state index in [0.29, 0.717) is 6.42 Å². The largest absolute Gasteiger partial charge is 0.307 e. The van der Waals surface area contributed by atoms with Crippen LogP contribution in [0.1, 0.15) is 146 Å². The van der Waals surface area contributed by atoms with E-state index in [2.05, 4.69) is 63.3 Å². The monoisotopic (exact) mass is 726 g/mol. The van der Waals surface area contributed by atoms with E-state index >= 15 is 0 Å². The Morgan fingerprint density at radius 3 is 1.96 bits per heavy atom. The van der Waals surface area contributed by atoms with Gasteiger partial charge in [-0.3, -0.25) is 20.3 Å². The number of rotatable bonds is 11. The lowest BCUT2D eigenvalue weighted by molar-refractivity contribution is -0.233. The first-order valence-corrected chi connectivity index (χ1v) is 20.0. The second-order valence-corrected chi connectivity index (χ2v) is 15.7. The minimum atomic E-state index is -0.205. The van der Waals surface area contributed by atoms with E-state index in [0.717, 1.165) is 66.5 Å². The molecule has 2 bridgehead atoms. The maximum absolute atomic E-state index is 14.1. The van der Waals surface area contributed by atoms with E-state index in [-0.39, 0.29) is 41.7 Å². The molecular weight excluding hydrogens is 650 g/mol. The fourth-order valence-corrected chi connectivity index (χ4v) is 8.72. The summed E-state index contributed by atoms with van der Waals surface area (Å²) < 4.78 is 14.1. The highest BCUT2D eigenvalue weighted by Gasteiger charge is 2.73. The van der Waals surface area contributed by atoms with E-state index in [1.165, 1.54) is 32.1 Å². The van der Waals surface area contributed by atoms with Crippen LogP contribution in [-0.4, -0.2) is 54.1 Å². The van der Waals surface area contributed by atoms with E-state index in [1.807, 2.05) is 77.8 Å². The number of carbonyl (C=O) groups excluding carboxylic acids is 3. The first kappa shape index (κ1) is 47.3. The third-order valence-corrected chi connectivity index (χ3v) is 11.8. The van der Waals surface area contributed by atoms with Crippen molar-refractivity contribution in [1.82, 2.24) is 15.5 Å². The summed E-state index contributed by atoms with van der Waals surface area (Å²) in [6, 6.07) is 15.2. The van der Waals surface area contributed by atoms with Gasteiger partial charge in [-0.1, -0.05) is 111 Å². The molecule has 52 heavy (non-hydrogen) atoms. The van der Waals surface area contributed by atoms with Crippen LogP contribution in [0, 0.1) is 22.6 Å². The van der Waals surface area contributed by atoms with Gasteiger partial charge in [0, 0.05) is 30.9 Å². The molecule has 2 aromatic carbocycles. The zero-order valence-electron chi connectivity index (χ0n) is 35.0. The smallest absolute Gasteiger partial charge is 0.148 e. The molecule has 1 saturated heterocycles. The number of nitrogens with zero attached hydrogens (tertiary/aromatic N) is 1. The summed E-state index contributed by atoms with van der Waals surface area (Å²) in [5.74, 6) is 1.03. The van der Waals surface area contributed by atoms with Gasteiger partial charge in [0.25, 0.3) is 0 Å². The van der Waals surface area contributed by atoms with Gasteiger partial charge in [0.1, 0.15) is 24.7 Å². The standard InChI is InChI=1S/C22H32FN3O.C10H20.C8H8O.2C2H6.CH2O.H2/c1-6-16-8-7-15(9-17(16)23)10-26(5)22-11-21(12-22,13-22)19-24-18(14(2)27)20(3,4)25-19;1-4-6-10(9(2)3)7-5-8-10;9-7-6-8-4-2-1-3-5-8;3*1-2;/h7-9,18-19,24-25H,6,10-13H2,1-5H3;9H,4-8H2,1-3H3;1-5,7H,6H2;2*1-2H3;1H2;1H/t18-,19?,21?,22?;;;;;;/m0....../s1. The van der Waals surface area contributed by atoms with Crippen molar-refractivity contribution < 1.29 is 20.2 Å². The Balaban J connectivity index is 0.000000858. The Morgan fingerprint density at radius 2 is 1.58 bits per heavy atom. The van der Waals surface area contributed by atoms with Crippen LogP contribution in [0.4, 0.5) is 4.39 Å². The molecule has 0 radical (unpaired) electrons. The summed E-state index contributed by atoms with van der Waals surface area (Å²) in [4.78, 5) is 32.3. The van der Waals surface area contributed by atoms with Crippen molar-refractivity contribution in [3.05, 3.63) is 71.0 Å². The summed E-state index contributed by atoms with van der Waals surface area (Å²) in [5.41, 5.74) is 3.97.